The maximum atomic E-state index is 7.36. The molecule has 0 saturated carbocycles. The summed E-state index contributed by atoms with van der Waals surface area (Å²) in [5.74, 6) is 1.61. The van der Waals surface area contributed by atoms with Gasteiger partial charge in [-0.15, -0.1) is 0 Å². The molecule has 0 bridgehead atoms. The number of benzene rings is 1. The number of nitrogens with two attached hydrogens (primary N) is 1. The highest BCUT2D eigenvalue weighted by Gasteiger charge is 2.25. The van der Waals surface area contributed by atoms with Crippen LogP contribution in [0.5, 0.6) is 5.75 Å². The zero-order valence-electron chi connectivity index (χ0n) is 12.0. The molecule has 5 heteroatoms. The van der Waals surface area contributed by atoms with Crippen molar-refractivity contribution in [3.63, 3.8) is 0 Å². The SMILES string of the molecule is COCCN(CCC(=N)N)CC1COc2ccccc21. The molecule has 1 heterocycles. The highest BCUT2D eigenvalue weighted by Crippen LogP contribution is 2.33. The highest BCUT2D eigenvalue weighted by molar-refractivity contribution is 5.76. The summed E-state index contributed by atoms with van der Waals surface area (Å²) in [4.78, 5) is 2.29. The topological polar surface area (TPSA) is 71.6 Å². The fourth-order valence-electron chi connectivity index (χ4n) is 2.49. The van der Waals surface area contributed by atoms with Gasteiger partial charge in [0.05, 0.1) is 19.0 Å². The van der Waals surface area contributed by atoms with Gasteiger partial charge in [-0.1, -0.05) is 18.2 Å². The Kier molecular flexibility index (Phi) is 5.38. The Labute approximate surface area is 120 Å². The molecule has 1 aromatic carbocycles. The van der Waals surface area contributed by atoms with Crippen molar-refractivity contribution in [2.45, 2.75) is 12.3 Å². The Morgan fingerprint density at radius 2 is 2.25 bits per heavy atom. The van der Waals surface area contributed by atoms with Crippen LogP contribution in [-0.2, 0) is 4.74 Å². The summed E-state index contributed by atoms with van der Waals surface area (Å²) >= 11 is 0. The second kappa shape index (κ2) is 7.26. The molecule has 3 N–H and O–H groups in total. The quantitative estimate of drug-likeness (QED) is 0.557. The van der Waals surface area contributed by atoms with Gasteiger partial charge in [0.1, 0.15) is 5.75 Å². The van der Waals surface area contributed by atoms with Crippen LogP contribution in [0.1, 0.15) is 17.9 Å². The van der Waals surface area contributed by atoms with E-state index in [1.54, 1.807) is 7.11 Å². The van der Waals surface area contributed by atoms with Gasteiger partial charge in [-0.3, -0.25) is 10.3 Å². The van der Waals surface area contributed by atoms with E-state index >= 15 is 0 Å². The fourth-order valence-corrected chi connectivity index (χ4v) is 2.49. The van der Waals surface area contributed by atoms with Crippen molar-refractivity contribution in [3.05, 3.63) is 29.8 Å². The van der Waals surface area contributed by atoms with E-state index in [9.17, 15) is 0 Å². The number of amidine groups is 1. The van der Waals surface area contributed by atoms with Crippen LogP contribution in [0.15, 0.2) is 24.3 Å². The lowest BCUT2D eigenvalue weighted by molar-refractivity contribution is 0.142. The third kappa shape index (κ3) is 3.95. The lowest BCUT2D eigenvalue weighted by Crippen LogP contribution is -2.34. The molecule has 1 aliphatic heterocycles. The van der Waals surface area contributed by atoms with Crippen LogP contribution in [-0.4, -0.2) is 50.7 Å². The first kappa shape index (κ1) is 14.8. The van der Waals surface area contributed by atoms with Crippen molar-refractivity contribution in [1.29, 1.82) is 5.41 Å². The zero-order valence-corrected chi connectivity index (χ0v) is 12.0. The predicted molar refractivity (Wildman–Crippen MR) is 79.5 cm³/mol. The normalized spacial score (nSPS) is 17.0. The lowest BCUT2D eigenvalue weighted by atomic mass is 10.0. The van der Waals surface area contributed by atoms with E-state index in [2.05, 4.69) is 17.0 Å². The van der Waals surface area contributed by atoms with Gasteiger partial charge < -0.3 is 15.2 Å². The first-order chi connectivity index (χ1) is 9.70. The minimum Gasteiger partial charge on any atom is -0.493 e. The molecule has 1 aliphatic rings. The number of methoxy groups -OCH3 is 1. The molecule has 0 spiro atoms. The molecule has 20 heavy (non-hydrogen) atoms. The van der Waals surface area contributed by atoms with Crippen LogP contribution in [0, 0.1) is 5.41 Å². The molecule has 0 fully saturated rings. The van der Waals surface area contributed by atoms with Crippen LogP contribution < -0.4 is 10.5 Å². The Hall–Kier alpha value is -1.59. The van der Waals surface area contributed by atoms with Gasteiger partial charge >= 0.3 is 0 Å². The average Bonchev–Trinajstić information content (AvgIpc) is 2.85. The second-order valence-corrected chi connectivity index (χ2v) is 5.11. The Morgan fingerprint density at radius 3 is 3.00 bits per heavy atom. The summed E-state index contributed by atoms with van der Waals surface area (Å²) in [6, 6.07) is 8.20. The Bertz CT molecular complexity index is 450. The van der Waals surface area contributed by atoms with Crippen molar-refractivity contribution in [1.82, 2.24) is 4.90 Å². The van der Waals surface area contributed by atoms with E-state index < -0.39 is 0 Å². The first-order valence-electron chi connectivity index (χ1n) is 6.96. The number of rotatable bonds is 8. The van der Waals surface area contributed by atoms with Gasteiger partial charge in [0.2, 0.25) is 0 Å². The minimum absolute atomic E-state index is 0.232. The molecule has 0 aliphatic carbocycles. The van der Waals surface area contributed by atoms with Crippen molar-refractivity contribution in [2.24, 2.45) is 5.73 Å². The van der Waals surface area contributed by atoms with E-state index in [1.807, 2.05) is 12.1 Å². The molecule has 1 atom stereocenters. The van der Waals surface area contributed by atoms with Crippen LogP contribution in [0.4, 0.5) is 0 Å². The van der Waals surface area contributed by atoms with E-state index in [4.69, 9.17) is 20.6 Å². The molecule has 0 aromatic heterocycles. The second-order valence-electron chi connectivity index (χ2n) is 5.11. The van der Waals surface area contributed by atoms with Gasteiger partial charge in [-0.05, 0) is 6.07 Å². The van der Waals surface area contributed by atoms with Gasteiger partial charge in [0.25, 0.3) is 0 Å². The maximum absolute atomic E-state index is 7.36. The van der Waals surface area contributed by atoms with E-state index in [0.717, 1.165) is 32.0 Å². The minimum atomic E-state index is 0.232. The largest absolute Gasteiger partial charge is 0.493 e. The van der Waals surface area contributed by atoms with Crippen molar-refractivity contribution in [3.8, 4) is 5.75 Å². The molecule has 2 rings (SSSR count). The predicted octanol–water partition coefficient (Wildman–Crippen LogP) is 1.44. The lowest BCUT2D eigenvalue weighted by Gasteiger charge is -2.24. The Balaban J connectivity index is 1.95. The van der Waals surface area contributed by atoms with E-state index in [0.29, 0.717) is 18.9 Å². The molecule has 0 radical (unpaired) electrons. The zero-order chi connectivity index (χ0) is 14.4. The van der Waals surface area contributed by atoms with Crippen LogP contribution >= 0.6 is 0 Å². The number of ether oxygens (including phenoxy) is 2. The van der Waals surface area contributed by atoms with Crippen molar-refractivity contribution < 1.29 is 9.47 Å². The fraction of sp³-hybridized carbons (Fsp3) is 0.533. The highest BCUT2D eigenvalue weighted by atomic mass is 16.5. The summed E-state index contributed by atoms with van der Waals surface area (Å²) in [5.41, 5.74) is 6.73. The molecule has 1 aromatic rings. The summed E-state index contributed by atoms with van der Waals surface area (Å²) in [7, 11) is 1.71. The third-order valence-corrected chi connectivity index (χ3v) is 3.59. The van der Waals surface area contributed by atoms with Gasteiger partial charge in [0, 0.05) is 44.6 Å². The molecule has 0 amide bonds. The van der Waals surface area contributed by atoms with Crippen LogP contribution in [0.2, 0.25) is 0 Å². The summed E-state index contributed by atoms with van der Waals surface area (Å²) in [6.45, 7) is 3.96. The third-order valence-electron chi connectivity index (χ3n) is 3.59. The monoisotopic (exact) mass is 277 g/mol. The van der Waals surface area contributed by atoms with Crippen molar-refractivity contribution >= 4 is 5.84 Å². The summed E-state index contributed by atoms with van der Waals surface area (Å²) in [6.07, 6.45) is 0.596. The molecule has 110 valence electrons. The number of hydrogen-bond donors (Lipinski definition) is 2. The molecular weight excluding hydrogens is 254 g/mol. The average molecular weight is 277 g/mol. The number of nitrogens with one attached hydrogen (secondary N) is 1. The van der Waals surface area contributed by atoms with E-state index in [1.165, 1.54) is 5.56 Å². The molecular formula is C15H23N3O2. The number of nitrogens with zero attached hydrogens (tertiary/aromatic N) is 1. The number of hydrogen-bond acceptors (Lipinski definition) is 4. The first-order valence-corrected chi connectivity index (χ1v) is 6.96. The van der Waals surface area contributed by atoms with Crippen LogP contribution in [0.25, 0.3) is 0 Å². The maximum Gasteiger partial charge on any atom is 0.122 e. The van der Waals surface area contributed by atoms with Gasteiger partial charge in [-0.2, -0.15) is 0 Å². The number of fused-ring (bicyclic) bond motifs is 1. The molecule has 0 saturated heterocycles. The number of para-hydroxylation sites is 1. The molecule has 5 nitrogen and oxygen atoms in total. The summed E-state index contributed by atoms with van der Waals surface area (Å²) in [5, 5.41) is 7.36. The van der Waals surface area contributed by atoms with Gasteiger partial charge in [0.15, 0.2) is 0 Å². The van der Waals surface area contributed by atoms with Crippen molar-refractivity contribution in [2.75, 3.05) is 40.0 Å². The van der Waals surface area contributed by atoms with Gasteiger partial charge in [-0.25, -0.2) is 0 Å². The van der Waals surface area contributed by atoms with E-state index in [-0.39, 0.29) is 5.84 Å². The van der Waals surface area contributed by atoms with Crippen LogP contribution in [0.3, 0.4) is 0 Å². The Morgan fingerprint density at radius 1 is 1.45 bits per heavy atom. The summed E-state index contributed by atoms with van der Waals surface area (Å²) < 4.78 is 10.9. The molecule has 1 unspecified atom stereocenters. The smallest absolute Gasteiger partial charge is 0.122 e. The standard InChI is InChI=1S/C15H23N3O2/c1-19-9-8-18(7-6-15(16)17)10-12-11-20-14-5-3-2-4-13(12)14/h2-5,12H,6-11H2,1H3,(H3,16,17).